The fourth-order valence-electron chi connectivity index (χ4n) is 2.22. The van der Waals surface area contributed by atoms with E-state index in [9.17, 15) is 4.39 Å². The Morgan fingerprint density at radius 2 is 1.86 bits per heavy atom. The highest BCUT2D eigenvalue weighted by molar-refractivity contribution is 6.33. The summed E-state index contributed by atoms with van der Waals surface area (Å²) in [5, 5.41) is 3.76. The van der Waals surface area contributed by atoms with Crippen molar-refractivity contribution in [3.63, 3.8) is 0 Å². The van der Waals surface area contributed by atoms with Gasteiger partial charge in [-0.25, -0.2) is 4.39 Å². The van der Waals surface area contributed by atoms with Gasteiger partial charge in [-0.1, -0.05) is 17.7 Å². The van der Waals surface area contributed by atoms with Gasteiger partial charge in [-0.2, -0.15) is 0 Å². The minimum atomic E-state index is -0.245. The van der Waals surface area contributed by atoms with Crippen LogP contribution in [0.1, 0.15) is 11.1 Å². The highest BCUT2D eigenvalue weighted by Gasteiger charge is 2.15. The lowest BCUT2D eigenvalue weighted by Crippen LogP contribution is -2.15. The van der Waals surface area contributed by atoms with Crippen molar-refractivity contribution < 1.29 is 13.9 Å². The van der Waals surface area contributed by atoms with Crippen LogP contribution >= 0.6 is 11.6 Å². The van der Waals surface area contributed by atoms with Crippen molar-refractivity contribution in [2.75, 3.05) is 18.5 Å². The largest absolute Gasteiger partial charge is 0.486 e. The zero-order valence-electron chi connectivity index (χ0n) is 11.6. The van der Waals surface area contributed by atoms with Gasteiger partial charge in [-0.15, -0.1) is 0 Å². The summed E-state index contributed by atoms with van der Waals surface area (Å²) in [4.78, 5) is 0. The van der Waals surface area contributed by atoms with E-state index in [2.05, 4.69) is 5.32 Å². The molecule has 0 fully saturated rings. The van der Waals surface area contributed by atoms with Gasteiger partial charge in [0.2, 0.25) is 0 Å². The minimum Gasteiger partial charge on any atom is -0.486 e. The second kappa shape index (κ2) is 5.82. The smallest absolute Gasteiger partial charge is 0.163 e. The average molecular weight is 308 g/mol. The molecule has 0 amide bonds. The van der Waals surface area contributed by atoms with E-state index >= 15 is 0 Å². The van der Waals surface area contributed by atoms with Gasteiger partial charge in [0.1, 0.15) is 19.0 Å². The maximum atomic E-state index is 13.3. The molecule has 0 radical (unpaired) electrons. The van der Waals surface area contributed by atoms with Crippen LogP contribution in [0.3, 0.4) is 0 Å². The summed E-state index contributed by atoms with van der Waals surface area (Å²) < 4.78 is 24.3. The molecule has 2 aromatic rings. The Balaban J connectivity index is 1.80. The monoisotopic (exact) mass is 307 g/mol. The van der Waals surface area contributed by atoms with Crippen LogP contribution in [0.2, 0.25) is 5.02 Å². The van der Waals surface area contributed by atoms with Crippen LogP contribution in [0.5, 0.6) is 11.5 Å². The summed E-state index contributed by atoms with van der Waals surface area (Å²) in [5.74, 6) is 1.08. The van der Waals surface area contributed by atoms with E-state index in [-0.39, 0.29) is 5.82 Å². The predicted octanol–water partition coefficient (Wildman–Crippen LogP) is 4.17. The van der Waals surface area contributed by atoms with Gasteiger partial charge >= 0.3 is 0 Å². The second-order valence-electron chi connectivity index (χ2n) is 4.90. The molecule has 3 rings (SSSR count). The third-order valence-electron chi connectivity index (χ3n) is 3.41. The Hall–Kier alpha value is -1.94. The number of hydrogen-bond acceptors (Lipinski definition) is 3. The molecule has 0 unspecified atom stereocenters. The molecule has 1 heterocycles. The molecule has 5 heteroatoms. The van der Waals surface area contributed by atoms with Crippen molar-refractivity contribution in [3.8, 4) is 11.5 Å². The van der Waals surface area contributed by atoms with Gasteiger partial charge in [0.05, 0.1) is 10.7 Å². The Morgan fingerprint density at radius 3 is 2.62 bits per heavy atom. The molecule has 1 aliphatic rings. The molecule has 0 bridgehead atoms. The van der Waals surface area contributed by atoms with Crippen LogP contribution in [-0.4, -0.2) is 13.2 Å². The van der Waals surface area contributed by atoms with Crippen LogP contribution in [0.4, 0.5) is 10.1 Å². The van der Waals surface area contributed by atoms with Gasteiger partial charge in [-0.3, -0.25) is 0 Å². The average Bonchev–Trinajstić information content (AvgIpc) is 2.48. The first-order valence-electron chi connectivity index (χ1n) is 6.71. The topological polar surface area (TPSA) is 30.5 Å². The number of aryl methyl sites for hydroxylation is 1. The second-order valence-corrected chi connectivity index (χ2v) is 5.31. The number of hydrogen-bond donors (Lipinski definition) is 1. The van der Waals surface area contributed by atoms with Crippen molar-refractivity contribution in [1.82, 2.24) is 0 Å². The molecule has 1 N–H and O–H groups in total. The van der Waals surface area contributed by atoms with E-state index in [1.54, 1.807) is 12.1 Å². The van der Waals surface area contributed by atoms with Crippen LogP contribution in [0.15, 0.2) is 30.3 Å². The zero-order chi connectivity index (χ0) is 14.8. The van der Waals surface area contributed by atoms with Crippen LogP contribution < -0.4 is 14.8 Å². The Labute approximate surface area is 127 Å². The molecule has 0 atom stereocenters. The van der Waals surface area contributed by atoms with Gasteiger partial charge < -0.3 is 14.8 Å². The highest BCUT2D eigenvalue weighted by atomic mass is 35.5. The SMILES string of the molecule is Cc1ccc(F)cc1CNc1cc2c(cc1Cl)OCCO2. The van der Waals surface area contributed by atoms with E-state index < -0.39 is 0 Å². The van der Waals surface area contributed by atoms with Gasteiger partial charge in [-0.05, 0) is 30.2 Å². The number of fused-ring (bicyclic) bond motifs is 1. The third kappa shape index (κ3) is 3.05. The minimum absolute atomic E-state index is 0.245. The van der Waals surface area contributed by atoms with E-state index in [4.69, 9.17) is 21.1 Å². The number of rotatable bonds is 3. The fraction of sp³-hybridized carbons (Fsp3) is 0.250. The molecule has 0 spiro atoms. The van der Waals surface area contributed by atoms with Crippen LogP contribution in [0.25, 0.3) is 0 Å². The van der Waals surface area contributed by atoms with Crippen molar-refractivity contribution >= 4 is 17.3 Å². The molecule has 1 aliphatic heterocycles. The first-order chi connectivity index (χ1) is 10.1. The van der Waals surface area contributed by atoms with Crippen molar-refractivity contribution in [1.29, 1.82) is 0 Å². The first kappa shape index (κ1) is 14.0. The molecule has 3 nitrogen and oxygen atoms in total. The highest BCUT2D eigenvalue weighted by Crippen LogP contribution is 2.38. The molecule has 21 heavy (non-hydrogen) atoms. The Bertz CT molecular complexity index is 676. The molecule has 0 saturated heterocycles. The van der Waals surface area contributed by atoms with E-state index in [1.807, 2.05) is 13.0 Å². The number of ether oxygens (including phenoxy) is 2. The normalized spacial score (nSPS) is 13.1. The summed E-state index contributed by atoms with van der Waals surface area (Å²) >= 11 is 6.23. The van der Waals surface area contributed by atoms with E-state index in [1.165, 1.54) is 12.1 Å². The number of halogens is 2. The molecular formula is C16H15ClFNO2. The molecule has 0 saturated carbocycles. The van der Waals surface area contributed by atoms with Gasteiger partial charge in [0.25, 0.3) is 0 Å². The third-order valence-corrected chi connectivity index (χ3v) is 3.73. The summed E-state index contributed by atoms with van der Waals surface area (Å²) in [7, 11) is 0. The summed E-state index contributed by atoms with van der Waals surface area (Å²) in [5.41, 5.74) is 2.66. The molecule has 2 aromatic carbocycles. The lowest BCUT2D eigenvalue weighted by molar-refractivity contribution is 0.171. The Kier molecular flexibility index (Phi) is 3.88. The Morgan fingerprint density at radius 1 is 1.14 bits per heavy atom. The molecule has 0 aromatic heterocycles. The molecule has 0 aliphatic carbocycles. The number of anilines is 1. The van der Waals surface area contributed by atoms with Crippen molar-refractivity contribution in [2.45, 2.75) is 13.5 Å². The number of nitrogens with one attached hydrogen (secondary N) is 1. The molecular weight excluding hydrogens is 293 g/mol. The maximum Gasteiger partial charge on any atom is 0.163 e. The summed E-state index contributed by atoms with van der Waals surface area (Å²) in [6.07, 6.45) is 0. The van der Waals surface area contributed by atoms with Crippen LogP contribution in [-0.2, 0) is 6.54 Å². The van der Waals surface area contributed by atoms with Crippen molar-refractivity contribution in [3.05, 3.63) is 52.3 Å². The van der Waals surface area contributed by atoms with E-state index in [0.717, 1.165) is 16.8 Å². The lowest BCUT2D eigenvalue weighted by Gasteiger charge is -2.20. The first-order valence-corrected chi connectivity index (χ1v) is 7.09. The standard InChI is InChI=1S/C16H15ClFNO2/c1-10-2-3-12(18)6-11(10)9-19-14-8-16-15(7-13(14)17)20-4-5-21-16/h2-3,6-8,19H,4-5,9H2,1H3. The van der Waals surface area contributed by atoms with Gasteiger partial charge in [0.15, 0.2) is 11.5 Å². The van der Waals surface area contributed by atoms with E-state index in [0.29, 0.717) is 36.3 Å². The predicted molar refractivity (Wildman–Crippen MR) is 80.9 cm³/mol. The van der Waals surface area contributed by atoms with Gasteiger partial charge in [0, 0.05) is 18.7 Å². The molecule has 110 valence electrons. The lowest BCUT2D eigenvalue weighted by atomic mass is 10.1. The van der Waals surface area contributed by atoms with Crippen LogP contribution in [0, 0.1) is 12.7 Å². The zero-order valence-corrected chi connectivity index (χ0v) is 12.3. The fourth-order valence-corrected chi connectivity index (χ4v) is 2.44. The maximum absolute atomic E-state index is 13.3. The summed E-state index contributed by atoms with van der Waals surface area (Å²) in [6, 6.07) is 8.28. The quantitative estimate of drug-likeness (QED) is 0.923. The number of benzene rings is 2. The summed E-state index contributed by atoms with van der Waals surface area (Å²) in [6.45, 7) is 3.49. The van der Waals surface area contributed by atoms with Crippen molar-refractivity contribution in [2.24, 2.45) is 0 Å².